The SMILES string of the molecule is COc1cc2nc(NCCCNC(=O)C3CCCO3)nc(N)c2cc1OC. The third-order valence-corrected chi connectivity index (χ3v) is 4.39. The number of anilines is 2. The maximum atomic E-state index is 11.9. The molecular formula is C18H25N5O4. The van der Waals surface area contributed by atoms with Crippen LogP contribution in [0.3, 0.4) is 0 Å². The second-order valence-corrected chi connectivity index (χ2v) is 6.23. The molecule has 2 aromatic rings. The van der Waals surface area contributed by atoms with E-state index in [1.165, 1.54) is 0 Å². The van der Waals surface area contributed by atoms with Crippen LogP contribution in [0.1, 0.15) is 19.3 Å². The highest BCUT2D eigenvalue weighted by atomic mass is 16.5. The normalized spacial score (nSPS) is 16.3. The molecule has 9 heteroatoms. The topological polar surface area (TPSA) is 121 Å². The van der Waals surface area contributed by atoms with Gasteiger partial charge < -0.3 is 30.6 Å². The van der Waals surface area contributed by atoms with Gasteiger partial charge in [0, 0.05) is 31.1 Å². The Balaban J connectivity index is 1.56. The molecule has 1 saturated heterocycles. The van der Waals surface area contributed by atoms with Crippen molar-refractivity contribution in [3.05, 3.63) is 12.1 Å². The molecule has 1 fully saturated rings. The van der Waals surface area contributed by atoms with Gasteiger partial charge in [-0.25, -0.2) is 4.98 Å². The van der Waals surface area contributed by atoms with Crippen LogP contribution in [0.25, 0.3) is 10.9 Å². The standard InChI is InChI=1S/C18H25N5O4/c1-25-14-9-11-12(10-15(14)26-2)22-18(23-16(11)19)21-7-4-6-20-17(24)13-5-3-8-27-13/h9-10,13H,3-8H2,1-2H3,(H,20,24)(H3,19,21,22,23). The van der Waals surface area contributed by atoms with Crippen LogP contribution in [0, 0.1) is 0 Å². The Morgan fingerprint density at radius 3 is 2.74 bits per heavy atom. The molecule has 1 atom stereocenters. The van der Waals surface area contributed by atoms with Gasteiger partial charge >= 0.3 is 0 Å². The molecule has 0 aliphatic carbocycles. The lowest BCUT2D eigenvalue weighted by Gasteiger charge is -2.12. The highest BCUT2D eigenvalue weighted by Gasteiger charge is 2.22. The molecule has 1 amide bonds. The summed E-state index contributed by atoms with van der Waals surface area (Å²) in [7, 11) is 3.13. The number of nitrogen functional groups attached to an aromatic ring is 1. The summed E-state index contributed by atoms with van der Waals surface area (Å²) in [6, 6.07) is 3.52. The van der Waals surface area contributed by atoms with Crippen molar-refractivity contribution >= 4 is 28.6 Å². The van der Waals surface area contributed by atoms with Crippen LogP contribution in [0.15, 0.2) is 12.1 Å². The van der Waals surface area contributed by atoms with Gasteiger partial charge in [0.2, 0.25) is 11.9 Å². The van der Waals surface area contributed by atoms with Crippen LogP contribution in [-0.4, -0.2) is 55.9 Å². The fourth-order valence-electron chi connectivity index (χ4n) is 2.96. The van der Waals surface area contributed by atoms with E-state index in [0.29, 0.717) is 53.9 Å². The van der Waals surface area contributed by atoms with Crippen LogP contribution in [-0.2, 0) is 9.53 Å². The predicted molar refractivity (Wildman–Crippen MR) is 102 cm³/mol. The summed E-state index contributed by atoms with van der Waals surface area (Å²) < 4.78 is 15.9. The first-order valence-electron chi connectivity index (χ1n) is 8.95. The van der Waals surface area contributed by atoms with Crippen molar-refractivity contribution < 1.29 is 19.0 Å². The number of ether oxygens (including phenoxy) is 3. The van der Waals surface area contributed by atoms with Crippen molar-refractivity contribution in [3.63, 3.8) is 0 Å². The highest BCUT2D eigenvalue weighted by Crippen LogP contribution is 2.33. The summed E-state index contributed by atoms with van der Waals surface area (Å²) in [6.45, 7) is 1.82. The van der Waals surface area contributed by atoms with Gasteiger partial charge in [0.25, 0.3) is 0 Å². The first kappa shape index (κ1) is 19.0. The van der Waals surface area contributed by atoms with Crippen molar-refractivity contribution in [1.29, 1.82) is 0 Å². The van der Waals surface area contributed by atoms with Crippen molar-refractivity contribution in [2.24, 2.45) is 0 Å². The van der Waals surface area contributed by atoms with Crippen molar-refractivity contribution in [1.82, 2.24) is 15.3 Å². The fraction of sp³-hybridized carbons (Fsp3) is 0.500. The van der Waals surface area contributed by atoms with E-state index in [4.69, 9.17) is 19.9 Å². The molecule has 2 heterocycles. The lowest BCUT2D eigenvalue weighted by molar-refractivity contribution is -0.130. The summed E-state index contributed by atoms with van der Waals surface area (Å²) in [6.07, 6.45) is 2.17. The fourth-order valence-corrected chi connectivity index (χ4v) is 2.96. The average molecular weight is 375 g/mol. The summed E-state index contributed by atoms with van der Waals surface area (Å²) in [5, 5.41) is 6.71. The predicted octanol–water partition coefficient (Wildman–Crippen LogP) is 1.33. The molecule has 27 heavy (non-hydrogen) atoms. The number of amides is 1. The lowest BCUT2D eigenvalue weighted by atomic mass is 10.2. The quantitative estimate of drug-likeness (QED) is 0.591. The van der Waals surface area contributed by atoms with Gasteiger partial charge in [-0.2, -0.15) is 4.98 Å². The number of carbonyl (C=O) groups excluding carboxylic acids is 1. The number of aromatic nitrogens is 2. The number of nitrogens with two attached hydrogens (primary N) is 1. The maximum absolute atomic E-state index is 11.9. The number of rotatable bonds is 8. The zero-order valence-electron chi connectivity index (χ0n) is 15.6. The van der Waals surface area contributed by atoms with Crippen LogP contribution in [0.4, 0.5) is 11.8 Å². The van der Waals surface area contributed by atoms with Crippen molar-refractivity contribution in [3.8, 4) is 11.5 Å². The molecule has 0 spiro atoms. The van der Waals surface area contributed by atoms with E-state index in [2.05, 4.69) is 20.6 Å². The van der Waals surface area contributed by atoms with Crippen molar-refractivity contribution in [2.45, 2.75) is 25.4 Å². The van der Waals surface area contributed by atoms with Crippen LogP contribution in [0.2, 0.25) is 0 Å². The number of hydrogen-bond acceptors (Lipinski definition) is 8. The van der Waals surface area contributed by atoms with E-state index >= 15 is 0 Å². The molecule has 1 aromatic heterocycles. The Bertz CT molecular complexity index is 808. The largest absolute Gasteiger partial charge is 0.493 e. The Hall–Kier alpha value is -2.81. The first-order chi connectivity index (χ1) is 13.1. The van der Waals surface area contributed by atoms with E-state index in [-0.39, 0.29) is 12.0 Å². The zero-order valence-corrected chi connectivity index (χ0v) is 15.6. The molecule has 9 nitrogen and oxygen atoms in total. The van der Waals surface area contributed by atoms with E-state index in [9.17, 15) is 4.79 Å². The van der Waals surface area contributed by atoms with Crippen LogP contribution < -0.4 is 25.8 Å². The van der Waals surface area contributed by atoms with Crippen molar-refractivity contribution in [2.75, 3.05) is 45.0 Å². The number of carbonyl (C=O) groups is 1. The van der Waals surface area contributed by atoms with E-state index in [1.807, 2.05) is 0 Å². The highest BCUT2D eigenvalue weighted by molar-refractivity contribution is 5.91. The zero-order chi connectivity index (χ0) is 19.2. The molecule has 3 rings (SSSR count). The number of hydrogen-bond donors (Lipinski definition) is 3. The molecule has 1 aliphatic rings. The smallest absolute Gasteiger partial charge is 0.249 e. The first-order valence-corrected chi connectivity index (χ1v) is 8.95. The van der Waals surface area contributed by atoms with Gasteiger partial charge in [0.05, 0.1) is 19.7 Å². The molecule has 4 N–H and O–H groups in total. The third-order valence-electron chi connectivity index (χ3n) is 4.39. The third kappa shape index (κ3) is 4.48. The van der Waals surface area contributed by atoms with E-state index in [0.717, 1.165) is 19.3 Å². The maximum Gasteiger partial charge on any atom is 0.249 e. The molecule has 146 valence electrons. The van der Waals surface area contributed by atoms with Crippen LogP contribution >= 0.6 is 0 Å². The number of methoxy groups -OCH3 is 2. The minimum absolute atomic E-state index is 0.0419. The minimum Gasteiger partial charge on any atom is -0.493 e. The second kappa shape index (κ2) is 8.72. The summed E-state index contributed by atoms with van der Waals surface area (Å²) in [4.78, 5) is 20.6. The Kier molecular flexibility index (Phi) is 6.12. The van der Waals surface area contributed by atoms with E-state index < -0.39 is 0 Å². The van der Waals surface area contributed by atoms with Gasteiger partial charge in [0.1, 0.15) is 11.9 Å². The summed E-state index contributed by atoms with van der Waals surface area (Å²) >= 11 is 0. The Morgan fingerprint density at radius 1 is 1.26 bits per heavy atom. The monoisotopic (exact) mass is 375 g/mol. The molecule has 1 aromatic carbocycles. The summed E-state index contributed by atoms with van der Waals surface area (Å²) in [5.41, 5.74) is 6.72. The summed E-state index contributed by atoms with van der Waals surface area (Å²) in [5.74, 6) is 1.89. The number of benzene rings is 1. The Morgan fingerprint density at radius 2 is 2.04 bits per heavy atom. The van der Waals surface area contributed by atoms with Gasteiger partial charge in [-0.05, 0) is 25.3 Å². The average Bonchev–Trinajstić information content (AvgIpc) is 3.21. The minimum atomic E-state index is -0.298. The second-order valence-electron chi connectivity index (χ2n) is 6.23. The van der Waals surface area contributed by atoms with Gasteiger partial charge in [-0.15, -0.1) is 0 Å². The van der Waals surface area contributed by atoms with Gasteiger partial charge in [0.15, 0.2) is 11.5 Å². The molecule has 1 unspecified atom stereocenters. The molecule has 0 saturated carbocycles. The molecule has 1 aliphatic heterocycles. The van der Waals surface area contributed by atoms with E-state index in [1.54, 1.807) is 26.4 Å². The molecular weight excluding hydrogens is 350 g/mol. The molecule has 0 bridgehead atoms. The lowest BCUT2D eigenvalue weighted by Crippen LogP contribution is -2.35. The van der Waals surface area contributed by atoms with Crippen LogP contribution in [0.5, 0.6) is 11.5 Å². The molecule has 0 radical (unpaired) electrons. The van der Waals surface area contributed by atoms with Gasteiger partial charge in [-0.1, -0.05) is 0 Å². The van der Waals surface area contributed by atoms with Gasteiger partial charge in [-0.3, -0.25) is 4.79 Å². The number of nitrogens with zero attached hydrogens (tertiary/aromatic N) is 2. The Labute approximate surface area is 157 Å². The number of nitrogens with one attached hydrogen (secondary N) is 2. The number of fused-ring (bicyclic) bond motifs is 1.